The van der Waals surface area contributed by atoms with Gasteiger partial charge >= 0.3 is 0 Å². The molecule has 0 bridgehead atoms. The molecule has 2 rings (SSSR count). The van der Waals surface area contributed by atoms with E-state index in [2.05, 4.69) is 32.0 Å². The van der Waals surface area contributed by atoms with Gasteiger partial charge in [-0.05, 0) is 60.8 Å². The molecule has 106 valence electrons. The van der Waals surface area contributed by atoms with Crippen molar-refractivity contribution in [1.82, 2.24) is 0 Å². The van der Waals surface area contributed by atoms with Gasteiger partial charge in [0.2, 0.25) is 0 Å². The van der Waals surface area contributed by atoms with E-state index in [0.717, 1.165) is 23.9 Å². The second kappa shape index (κ2) is 6.76. The molecule has 0 aliphatic heterocycles. The maximum Gasteiger partial charge on any atom is 0.0443 e. The predicted octanol–water partition coefficient (Wildman–Crippen LogP) is 5.09. The minimum absolute atomic E-state index is 0.503. The lowest BCUT2D eigenvalue weighted by molar-refractivity contribution is 0.348. The monoisotopic (exact) mass is 279 g/mol. The third kappa shape index (κ3) is 3.73. The summed E-state index contributed by atoms with van der Waals surface area (Å²) < 4.78 is 0. The lowest BCUT2D eigenvalue weighted by atomic mass is 9.79. The summed E-state index contributed by atoms with van der Waals surface area (Å²) in [6.45, 7) is 5.32. The highest BCUT2D eigenvalue weighted by molar-refractivity contribution is 6.31. The first-order valence-corrected chi connectivity index (χ1v) is 7.99. The van der Waals surface area contributed by atoms with Gasteiger partial charge in [-0.25, -0.2) is 0 Å². The molecule has 1 aromatic rings. The number of benzene rings is 1. The number of hydrogen-bond acceptors (Lipinski definition) is 1. The van der Waals surface area contributed by atoms with Crippen molar-refractivity contribution in [1.29, 1.82) is 0 Å². The second-order valence-electron chi connectivity index (χ2n) is 6.22. The molecule has 19 heavy (non-hydrogen) atoms. The van der Waals surface area contributed by atoms with Crippen molar-refractivity contribution in [3.05, 3.63) is 34.3 Å². The molecule has 1 aliphatic rings. The Balaban J connectivity index is 2.10. The quantitative estimate of drug-likeness (QED) is 0.817. The molecule has 1 aliphatic carbocycles. The smallest absolute Gasteiger partial charge is 0.0443 e. The topological polar surface area (TPSA) is 26.0 Å². The van der Waals surface area contributed by atoms with E-state index in [4.69, 9.17) is 17.3 Å². The van der Waals surface area contributed by atoms with Gasteiger partial charge in [-0.2, -0.15) is 0 Å². The average Bonchev–Trinajstić information content (AvgIpc) is 2.40. The fourth-order valence-corrected chi connectivity index (χ4v) is 3.51. The number of nitrogens with two attached hydrogens (primary N) is 1. The standard InChI is InChI=1S/C17H26ClN/c1-12-3-5-14(6-4-12)16-8-7-15(11-17(16)18)13(2)9-10-19/h7-8,11-14H,3-6,9-10,19H2,1-2H3. The molecule has 0 radical (unpaired) electrons. The van der Waals surface area contributed by atoms with Crippen LogP contribution in [0.2, 0.25) is 5.02 Å². The summed E-state index contributed by atoms with van der Waals surface area (Å²) in [4.78, 5) is 0. The lowest BCUT2D eigenvalue weighted by Gasteiger charge is -2.27. The van der Waals surface area contributed by atoms with Crippen molar-refractivity contribution in [2.24, 2.45) is 11.7 Å². The molecule has 1 fully saturated rings. The number of rotatable bonds is 4. The summed E-state index contributed by atoms with van der Waals surface area (Å²) in [6.07, 6.45) is 6.28. The summed E-state index contributed by atoms with van der Waals surface area (Å²) in [5, 5.41) is 0.959. The highest BCUT2D eigenvalue weighted by Crippen LogP contribution is 2.39. The van der Waals surface area contributed by atoms with Crippen LogP contribution in [0.15, 0.2) is 18.2 Å². The second-order valence-corrected chi connectivity index (χ2v) is 6.62. The van der Waals surface area contributed by atoms with Crippen LogP contribution in [0.5, 0.6) is 0 Å². The van der Waals surface area contributed by atoms with E-state index < -0.39 is 0 Å². The summed E-state index contributed by atoms with van der Waals surface area (Å²) >= 11 is 6.51. The zero-order valence-corrected chi connectivity index (χ0v) is 12.9. The van der Waals surface area contributed by atoms with E-state index in [0.29, 0.717) is 11.8 Å². The van der Waals surface area contributed by atoms with Gasteiger partial charge < -0.3 is 5.73 Å². The molecule has 0 spiro atoms. The highest BCUT2D eigenvalue weighted by Gasteiger charge is 2.21. The van der Waals surface area contributed by atoms with Crippen LogP contribution in [0.3, 0.4) is 0 Å². The van der Waals surface area contributed by atoms with Gasteiger partial charge in [0, 0.05) is 5.02 Å². The SMILES string of the molecule is CC1CCC(c2ccc(C(C)CCN)cc2Cl)CC1. The van der Waals surface area contributed by atoms with Crippen LogP contribution in [0.1, 0.15) is 68.9 Å². The molecule has 0 saturated heterocycles. The molecule has 1 saturated carbocycles. The Kier molecular flexibility index (Phi) is 5.29. The van der Waals surface area contributed by atoms with Crippen LogP contribution in [0.4, 0.5) is 0 Å². The van der Waals surface area contributed by atoms with Crippen LogP contribution < -0.4 is 5.73 Å². The Hall–Kier alpha value is -0.530. The molecule has 1 nitrogen and oxygen atoms in total. The van der Waals surface area contributed by atoms with Gasteiger partial charge in [-0.3, -0.25) is 0 Å². The lowest BCUT2D eigenvalue weighted by Crippen LogP contribution is -2.11. The zero-order chi connectivity index (χ0) is 13.8. The van der Waals surface area contributed by atoms with E-state index in [9.17, 15) is 0 Å². The zero-order valence-electron chi connectivity index (χ0n) is 12.2. The van der Waals surface area contributed by atoms with Gasteiger partial charge in [-0.15, -0.1) is 0 Å². The Morgan fingerprint density at radius 2 is 1.95 bits per heavy atom. The van der Waals surface area contributed by atoms with Crippen molar-refractivity contribution in [2.75, 3.05) is 6.54 Å². The summed E-state index contributed by atoms with van der Waals surface area (Å²) in [6, 6.07) is 6.67. The average molecular weight is 280 g/mol. The van der Waals surface area contributed by atoms with Crippen molar-refractivity contribution in [3.8, 4) is 0 Å². The normalized spacial score (nSPS) is 25.3. The van der Waals surface area contributed by atoms with Gasteiger partial charge in [0.05, 0.1) is 0 Å². The third-order valence-electron chi connectivity index (χ3n) is 4.65. The summed E-state index contributed by atoms with van der Waals surface area (Å²) in [5.74, 6) is 2.06. The van der Waals surface area contributed by atoms with Crippen LogP contribution in [-0.2, 0) is 0 Å². The van der Waals surface area contributed by atoms with E-state index in [1.165, 1.54) is 36.8 Å². The third-order valence-corrected chi connectivity index (χ3v) is 4.98. The molecule has 0 amide bonds. The van der Waals surface area contributed by atoms with Crippen molar-refractivity contribution in [3.63, 3.8) is 0 Å². The van der Waals surface area contributed by atoms with E-state index in [-0.39, 0.29) is 0 Å². The molecule has 2 N–H and O–H groups in total. The minimum atomic E-state index is 0.503. The molecule has 1 aromatic carbocycles. The van der Waals surface area contributed by atoms with Crippen molar-refractivity contribution >= 4 is 11.6 Å². The van der Waals surface area contributed by atoms with Crippen molar-refractivity contribution in [2.45, 2.75) is 57.8 Å². The first-order chi connectivity index (χ1) is 9.11. The van der Waals surface area contributed by atoms with Gasteiger partial charge in [0.1, 0.15) is 0 Å². The first-order valence-electron chi connectivity index (χ1n) is 7.61. The minimum Gasteiger partial charge on any atom is -0.330 e. The molecule has 0 aromatic heterocycles. The maximum atomic E-state index is 6.51. The Morgan fingerprint density at radius 1 is 1.26 bits per heavy atom. The molecular formula is C17H26ClN. The number of halogens is 1. The van der Waals surface area contributed by atoms with Gasteiger partial charge in [-0.1, -0.05) is 50.4 Å². The largest absolute Gasteiger partial charge is 0.330 e. The van der Waals surface area contributed by atoms with Gasteiger partial charge in [0.25, 0.3) is 0 Å². The molecule has 0 heterocycles. The molecule has 2 heteroatoms. The Morgan fingerprint density at radius 3 is 2.53 bits per heavy atom. The van der Waals surface area contributed by atoms with Crippen molar-refractivity contribution < 1.29 is 0 Å². The molecular weight excluding hydrogens is 254 g/mol. The van der Waals surface area contributed by atoms with Crippen LogP contribution in [0.25, 0.3) is 0 Å². The fourth-order valence-electron chi connectivity index (χ4n) is 3.17. The predicted molar refractivity (Wildman–Crippen MR) is 83.9 cm³/mol. The Labute approximate surface area is 122 Å². The molecule has 1 atom stereocenters. The van der Waals surface area contributed by atoms with Gasteiger partial charge in [0.15, 0.2) is 0 Å². The van der Waals surface area contributed by atoms with Crippen LogP contribution in [0, 0.1) is 5.92 Å². The maximum absolute atomic E-state index is 6.51. The number of hydrogen-bond donors (Lipinski definition) is 1. The van der Waals surface area contributed by atoms with Crippen LogP contribution in [-0.4, -0.2) is 6.54 Å². The first kappa shape index (κ1) is 14.9. The van der Waals surface area contributed by atoms with E-state index in [1.807, 2.05) is 0 Å². The summed E-state index contributed by atoms with van der Waals surface area (Å²) in [7, 11) is 0. The van der Waals surface area contributed by atoms with Crippen LogP contribution >= 0.6 is 11.6 Å². The Bertz CT molecular complexity index is 408. The summed E-state index contributed by atoms with van der Waals surface area (Å²) in [5.41, 5.74) is 8.31. The molecule has 1 unspecified atom stereocenters. The van der Waals surface area contributed by atoms with E-state index >= 15 is 0 Å². The van der Waals surface area contributed by atoms with E-state index in [1.54, 1.807) is 0 Å². The highest BCUT2D eigenvalue weighted by atomic mass is 35.5. The fraction of sp³-hybridized carbons (Fsp3) is 0.647.